The molecule has 0 atom stereocenters. The summed E-state index contributed by atoms with van der Waals surface area (Å²) < 4.78 is 11.1. The number of para-hydroxylation sites is 2. The van der Waals surface area contributed by atoms with Gasteiger partial charge in [-0.1, -0.05) is 42.1 Å². The molecule has 0 bridgehead atoms. The summed E-state index contributed by atoms with van der Waals surface area (Å²) in [5.74, 6) is 1.87. The smallest absolute Gasteiger partial charge is 0.332 e. The van der Waals surface area contributed by atoms with Gasteiger partial charge in [0.1, 0.15) is 11.5 Å². The van der Waals surface area contributed by atoms with Crippen LogP contribution in [0.5, 0.6) is 5.75 Å². The average Bonchev–Trinajstić information content (AvgIpc) is 2.71. The third-order valence-electron chi connectivity index (χ3n) is 3.84. The number of benzene rings is 1. The number of halogens is 1. The van der Waals surface area contributed by atoms with Crippen LogP contribution in [-0.2, 0) is 4.74 Å². The number of ether oxygens (including phenoxy) is 2. The van der Waals surface area contributed by atoms with Crippen molar-refractivity contribution >= 4 is 40.2 Å². The highest BCUT2D eigenvalue weighted by atomic mass is 35.5. The Hall–Kier alpha value is -2.38. The van der Waals surface area contributed by atoms with Crippen molar-refractivity contribution in [3.63, 3.8) is 0 Å². The quantitative estimate of drug-likeness (QED) is 0.447. The number of nitrogens with zero attached hydrogens (tertiary/aromatic N) is 2. The number of hydrogen-bond acceptors (Lipinski definition) is 5. The molecule has 6 nitrogen and oxygen atoms in total. The molecule has 0 aromatic heterocycles. The molecule has 2 rings (SSSR count). The van der Waals surface area contributed by atoms with Gasteiger partial charge in [-0.05, 0) is 44.6 Å². The second kappa shape index (κ2) is 11.6. The molecule has 0 unspecified atom stereocenters. The SMILES string of the molecule is C=CC(OC)=C(C=C(C)Cl)N(C(=O)Nc1ccccc1OCC)C1=NCCCS1. The Labute approximate surface area is 181 Å². The van der Waals surface area contributed by atoms with Crippen molar-refractivity contribution in [1.82, 2.24) is 4.90 Å². The van der Waals surface area contributed by atoms with Crippen molar-refractivity contribution in [2.24, 2.45) is 4.99 Å². The maximum atomic E-state index is 13.4. The number of thioether (sulfide) groups is 1. The minimum Gasteiger partial charge on any atom is -0.495 e. The zero-order valence-corrected chi connectivity index (χ0v) is 18.5. The van der Waals surface area contributed by atoms with Crippen LogP contribution in [0.15, 0.2) is 64.5 Å². The lowest BCUT2D eigenvalue weighted by atomic mass is 10.2. The molecule has 0 saturated carbocycles. The number of carbonyl (C=O) groups excluding carboxylic acids is 1. The standard InChI is InChI=1S/C21H26ClN3O3S/c1-5-18(27-4)17(14-15(3)22)25(21-23-12-9-13-29-21)20(26)24-16-10-7-8-11-19(16)28-6-2/h5,7-8,10-11,14H,1,6,9,12-13H2,2-4H3,(H,24,26). The van der Waals surface area contributed by atoms with Crippen molar-refractivity contribution in [2.45, 2.75) is 20.3 Å². The highest BCUT2D eigenvalue weighted by Gasteiger charge is 2.28. The summed E-state index contributed by atoms with van der Waals surface area (Å²) >= 11 is 7.66. The predicted molar refractivity (Wildman–Crippen MR) is 122 cm³/mol. The number of aliphatic imine (C=N–C) groups is 1. The Balaban J connectivity index is 2.52. The summed E-state index contributed by atoms with van der Waals surface area (Å²) in [6.45, 7) is 8.55. The van der Waals surface area contributed by atoms with Crippen LogP contribution in [0, 0.1) is 0 Å². The van der Waals surface area contributed by atoms with Gasteiger partial charge in [0, 0.05) is 17.3 Å². The normalized spacial score (nSPS) is 15.0. The Morgan fingerprint density at radius 1 is 1.45 bits per heavy atom. The van der Waals surface area contributed by atoms with E-state index in [1.807, 2.05) is 19.1 Å². The van der Waals surface area contributed by atoms with Gasteiger partial charge in [0.25, 0.3) is 0 Å². The first kappa shape index (κ1) is 22.9. The van der Waals surface area contributed by atoms with Crippen molar-refractivity contribution in [3.8, 4) is 5.75 Å². The Kier molecular flexibility index (Phi) is 9.15. The minimum atomic E-state index is -0.397. The van der Waals surface area contributed by atoms with Gasteiger partial charge in [-0.15, -0.1) is 0 Å². The van der Waals surface area contributed by atoms with Crippen LogP contribution >= 0.6 is 23.4 Å². The lowest BCUT2D eigenvalue weighted by Crippen LogP contribution is -2.39. The topological polar surface area (TPSA) is 63.2 Å². The second-order valence-corrected chi connectivity index (χ2v) is 7.61. The van der Waals surface area contributed by atoms with E-state index in [1.54, 1.807) is 25.1 Å². The summed E-state index contributed by atoms with van der Waals surface area (Å²) in [6, 6.07) is 6.88. The van der Waals surface area contributed by atoms with Crippen LogP contribution in [0.3, 0.4) is 0 Å². The van der Waals surface area contributed by atoms with E-state index in [9.17, 15) is 4.79 Å². The third kappa shape index (κ3) is 6.30. The zero-order chi connectivity index (χ0) is 21.2. The molecule has 2 amide bonds. The summed E-state index contributed by atoms with van der Waals surface area (Å²) in [5.41, 5.74) is 1.02. The summed E-state index contributed by atoms with van der Waals surface area (Å²) in [6.07, 6.45) is 4.15. The summed E-state index contributed by atoms with van der Waals surface area (Å²) in [4.78, 5) is 19.4. The largest absolute Gasteiger partial charge is 0.495 e. The average molecular weight is 436 g/mol. The van der Waals surface area contributed by atoms with Gasteiger partial charge >= 0.3 is 6.03 Å². The lowest BCUT2D eigenvalue weighted by molar-refractivity contribution is 0.237. The van der Waals surface area contributed by atoms with E-state index in [0.717, 1.165) is 12.2 Å². The molecule has 1 aromatic rings. The lowest BCUT2D eigenvalue weighted by Gasteiger charge is -2.28. The van der Waals surface area contributed by atoms with E-state index >= 15 is 0 Å². The maximum Gasteiger partial charge on any atom is 0.332 e. The highest BCUT2D eigenvalue weighted by Crippen LogP contribution is 2.28. The van der Waals surface area contributed by atoms with Crippen LogP contribution in [0.1, 0.15) is 20.3 Å². The number of anilines is 1. The summed E-state index contributed by atoms with van der Waals surface area (Å²) in [5, 5.41) is 3.98. The van der Waals surface area contributed by atoms with Crippen molar-refractivity contribution in [2.75, 3.05) is 31.3 Å². The maximum absolute atomic E-state index is 13.4. The number of amides is 2. The van der Waals surface area contributed by atoms with Crippen molar-refractivity contribution < 1.29 is 14.3 Å². The number of rotatable bonds is 7. The first-order valence-electron chi connectivity index (χ1n) is 9.26. The van der Waals surface area contributed by atoms with Gasteiger partial charge in [-0.25, -0.2) is 9.69 Å². The number of methoxy groups -OCH3 is 1. The first-order valence-corrected chi connectivity index (χ1v) is 10.6. The second-order valence-electron chi connectivity index (χ2n) is 5.95. The van der Waals surface area contributed by atoms with E-state index in [1.165, 1.54) is 29.8 Å². The molecule has 29 heavy (non-hydrogen) atoms. The first-order chi connectivity index (χ1) is 14.0. The van der Waals surface area contributed by atoms with E-state index in [4.69, 9.17) is 21.1 Å². The molecule has 1 heterocycles. The molecule has 0 aliphatic carbocycles. The fourth-order valence-electron chi connectivity index (χ4n) is 2.63. The van der Waals surface area contributed by atoms with Crippen molar-refractivity contribution in [1.29, 1.82) is 0 Å². The van der Waals surface area contributed by atoms with Crippen LogP contribution in [0.25, 0.3) is 0 Å². The fraction of sp³-hybridized carbons (Fsp3) is 0.333. The molecule has 0 fully saturated rings. The molecule has 1 aliphatic heterocycles. The minimum absolute atomic E-state index is 0.397. The Bertz CT molecular complexity index is 832. The fourth-order valence-corrected chi connectivity index (χ4v) is 3.68. The molecule has 1 N–H and O–H groups in total. The third-order valence-corrected chi connectivity index (χ3v) is 5.01. The number of hydrogen-bond donors (Lipinski definition) is 1. The molecule has 0 saturated heterocycles. The van der Waals surface area contributed by atoms with E-state index in [0.29, 0.717) is 46.2 Å². The number of amidine groups is 1. The molecule has 0 radical (unpaired) electrons. The molecule has 1 aromatic carbocycles. The van der Waals surface area contributed by atoms with Crippen LogP contribution in [0.4, 0.5) is 10.5 Å². The molecule has 8 heteroatoms. The van der Waals surface area contributed by atoms with Crippen LogP contribution in [0.2, 0.25) is 0 Å². The van der Waals surface area contributed by atoms with Gasteiger partial charge in [0.05, 0.1) is 25.1 Å². The van der Waals surface area contributed by atoms with E-state index in [2.05, 4.69) is 16.9 Å². The van der Waals surface area contributed by atoms with Gasteiger partial charge in [0.2, 0.25) is 0 Å². The van der Waals surface area contributed by atoms with Gasteiger partial charge in [-0.2, -0.15) is 0 Å². The molecular formula is C21H26ClN3O3S. The van der Waals surface area contributed by atoms with E-state index < -0.39 is 6.03 Å². The Morgan fingerprint density at radius 2 is 2.21 bits per heavy atom. The predicted octanol–water partition coefficient (Wildman–Crippen LogP) is 5.60. The van der Waals surface area contributed by atoms with Crippen LogP contribution in [-0.4, -0.2) is 42.1 Å². The van der Waals surface area contributed by atoms with Crippen molar-refractivity contribution in [3.05, 3.63) is 59.5 Å². The molecular weight excluding hydrogens is 410 g/mol. The Morgan fingerprint density at radius 3 is 2.79 bits per heavy atom. The molecule has 0 spiro atoms. The number of urea groups is 1. The molecule has 1 aliphatic rings. The van der Waals surface area contributed by atoms with Crippen LogP contribution < -0.4 is 10.1 Å². The van der Waals surface area contributed by atoms with Gasteiger partial charge < -0.3 is 14.8 Å². The highest BCUT2D eigenvalue weighted by molar-refractivity contribution is 8.13. The number of carbonyl (C=O) groups is 1. The zero-order valence-electron chi connectivity index (χ0n) is 16.9. The monoisotopic (exact) mass is 435 g/mol. The van der Waals surface area contributed by atoms with Gasteiger partial charge in [-0.3, -0.25) is 4.99 Å². The molecule has 156 valence electrons. The summed E-state index contributed by atoms with van der Waals surface area (Å²) in [7, 11) is 1.52. The van der Waals surface area contributed by atoms with E-state index in [-0.39, 0.29) is 0 Å². The number of nitrogens with one attached hydrogen (secondary N) is 1. The van der Waals surface area contributed by atoms with Gasteiger partial charge in [0.15, 0.2) is 5.17 Å². The number of allylic oxidation sites excluding steroid dienone is 3.